The Labute approximate surface area is 218 Å². The summed E-state index contributed by atoms with van der Waals surface area (Å²) < 4.78 is 39.8. The van der Waals surface area contributed by atoms with Gasteiger partial charge in [0.05, 0.1) is 29.1 Å². The minimum atomic E-state index is -4.55. The Morgan fingerprint density at radius 2 is 1.89 bits per heavy atom. The number of alkyl halides is 3. The molecule has 0 aliphatic carbocycles. The van der Waals surface area contributed by atoms with Crippen LogP contribution in [0.3, 0.4) is 0 Å². The minimum absolute atomic E-state index is 0.130. The number of H-pyrrole nitrogens is 1. The van der Waals surface area contributed by atoms with Crippen molar-refractivity contribution in [3.63, 3.8) is 0 Å². The second-order valence-electron chi connectivity index (χ2n) is 9.09. The van der Waals surface area contributed by atoms with Crippen molar-refractivity contribution in [2.45, 2.75) is 26.1 Å². The van der Waals surface area contributed by atoms with Crippen LogP contribution in [0.1, 0.15) is 36.6 Å². The first-order valence-corrected chi connectivity index (χ1v) is 12.0. The zero-order valence-electron chi connectivity index (χ0n) is 21.5. The highest BCUT2D eigenvalue weighted by atomic mass is 19.4. The molecule has 0 amide bonds. The van der Waals surface area contributed by atoms with Crippen molar-refractivity contribution in [2.24, 2.45) is 0 Å². The first kappa shape index (κ1) is 26.8. The first-order valence-electron chi connectivity index (χ1n) is 12.0. The van der Waals surface area contributed by atoms with Crippen molar-refractivity contribution in [2.75, 3.05) is 43.9 Å². The Kier molecular flexibility index (Phi) is 7.78. The van der Waals surface area contributed by atoms with E-state index in [4.69, 9.17) is 0 Å². The number of hydrogen-bond donors (Lipinski definition) is 2. The summed E-state index contributed by atoms with van der Waals surface area (Å²) in [5, 5.41) is 13.0. The molecule has 0 spiro atoms. The van der Waals surface area contributed by atoms with Crippen molar-refractivity contribution in [3.8, 4) is 17.3 Å². The van der Waals surface area contributed by atoms with Crippen molar-refractivity contribution in [1.82, 2.24) is 29.8 Å². The van der Waals surface area contributed by atoms with Gasteiger partial charge in [0.25, 0.3) is 0 Å². The summed E-state index contributed by atoms with van der Waals surface area (Å²) in [5.74, 6) is 1.11. The molecule has 0 saturated carbocycles. The van der Waals surface area contributed by atoms with Crippen molar-refractivity contribution in [3.05, 3.63) is 59.7 Å². The number of halogens is 3. The number of rotatable bonds is 9. The van der Waals surface area contributed by atoms with Crippen LogP contribution >= 0.6 is 0 Å². The number of aromatic amines is 1. The van der Waals surface area contributed by atoms with Gasteiger partial charge in [0.1, 0.15) is 17.5 Å². The van der Waals surface area contributed by atoms with Gasteiger partial charge >= 0.3 is 6.18 Å². The summed E-state index contributed by atoms with van der Waals surface area (Å²) >= 11 is 0. The zero-order valence-corrected chi connectivity index (χ0v) is 21.5. The Balaban J connectivity index is 1.59. The third kappa shape index (κ3) is 5.84. The molecule has 0 radical (unpaired) electrons. The lowest BCUT2D eigenvalue weighted by molar-refractivity contribution is -0.137. The number of fused-ring (bicyclic) bond motifs is 1. The van der Waals surface area contributed by atoms with E-state index in [0.717, 1.165) is 43.3 Å². The van der Waals surface area contributed by atoms with Gasteiger partial charge in [0.2, 0.25) is 5.95 Å². The molecule has 4 heterocycles. The molecular weight excluding hydrogens is 495 g/mol. The molecule has 0 saturated heterocycles. The van der Waals surface area contributed by atoms with Crippen LogP contribution in [0, 0.1) is 11.3 Å². The summed E-state index contributed by atoms with van der Waals surface area (Å²) in [6.07, 6.45) is 0.852. The molecule has 2 N–H and O–H groups in total. The lowest BCUT2D eigenvalue weighted by Gasteiger charge is -2.24. The molecule has 4 aromatic heterocycles. The van der Waals surface area contributed by atoms with Gasteiger partial charge in [-0.3, -0.25) is 0 Å². The average Bonchev–Trinajstić information content (AvgIpc) is 3.32. The van der Waals surface area contributed by atoms with Crippen LogP contribution in [0.4, 0.5) is 24.9 Å². The van der Waals surface area contributed by atoms with E-state index in [1.54, 1.807) is 6.20 Å². The number of nitrogens with one attached hydrogen (secondary N) is 2. The van der Waals surface area contributed by atoms with E-state index in [-0.39, 0.29) is 34.3 Å². The summed E-state index contributed by atoms with van der Waals surface area (Å²) in [7, 11) is 4.06. The summed E-state index contributed by atoms with van der Waals surface area (Å²) in [5.41, 5.74) is 0.943. The Bertz CT molecular complexity index is 1440. The standard InChI is InChI=1S/C26H28F3N9/c1-5-38(9-8-37(3)4)22-7-6-17(12-31-22)16(2)35-25-34-13-18(11-30)23(36-25)21-15-33-24-20(21)10-19(14-32-24)26(27,28)29/h6-7,10,12-16H,5,8-9H2,1-4H3,(H,32,33)(H,34,35,36)/t16-/m1/s1. The predicted molar refractivity (Wildman–Crippen MR) is 140 cm³/mol. The molecule has 9 nitrogen and oxygen atoms in total. The van der Waals surface area contributed by atoms with E-state index in [1.165, 1.54) is 12.4 Å². The van der Waals surface area contributed by atoms with Crippen LogP contribution < -0.4 is 10.2 Å². The van der Waals surface area contributed by atoms with Gasteiger partial charge in [0.15, 0.2) is 0 Å². The highest BCUT2D eigenvalue weighted by Crippen LogP contribution is 2.35. The molecule has 198 valence electrons. The van der Waals surface area contributed by atoms with E-state index in [0.29, 0.717) is 5.56 Å². The van der Waals surface area contributed by atoms with Gasteiger partial charge in [-0.1, -0.05) is 6.07 Å². The molecule has 0 aliphatic heterocycles. The molecule has 0 fully saturated rings. The number of nitriles is 1. The smallest absolute Gasteiger partial charge is 0.356 e. The molecule has 0 aromatic carbocycles. The fourth-order valence-corrected chi connectivity index (χ4v) is 3.97. The van der Waals surface area contributed by atoms with Crippen LogP contribution in [0.15, 0.2) is 43.0 Å². The maximum Gasteiger partial charge on any atom is 0.417 e. The zero-order chi connectivity index (χ0) is 27.4. The van der Waals surface area contributed by atoms with E-state index in [2.05, 4.69) is 47.0 Å². The Morgan fingerprint density at radius 1 is 1.11 bits per heavy atom. The van der Waals surface area contributed by atoms with E-state index >= 15 is 0 Å². The van der Waals surface area contributed by atoms with Crippen molar-refractivity contribution in [1.29, 1.82) is 5.26 Å². The fraction of sp³-hybridized carbons (Fsp3) is 0.346. The van der Waals surface area contributed by atoms with Crippen LogP contribution in [-0.2, 0) is 6.18 Å². The van der Waals surface area contributed by atoms with Gasteiger partial charge in [-0.2, -0.15) is 18.4 Å². The molecule has 4 rings (SSSR count). The fourth-order valence-electron chi connectivity index (χ4n) is 3.97. The van der Waals surface area contributed by atoms with E-state index in [1.807, 2.05) is 39.2 Å². The molecule has 4 aromatic rings. The summed E-state index contributed by atoms with van der Waals surface area (Å²) in [4.78, 5) is 24.4. The first-order chi connectivity index (χ1) is 18.1. The minimum Gasteiger partial charge on any atom is -0.356 e. The molecule has 38 heavy (non-hydrogen) atoms. The maximum absolute atomic E-state index is 13.3. The largest absolute Gasteiger partial charge is 0.417 e. The monoisotopic (exact) mass is 523 g/mol. The Morgan fingerprint density at radius 3 is 2.53 bits per heavy atom. The van der Waals surface area contributed by atoms with Gasteiger partial charge < -0.3 is 20.1 Å². The second-order valence-corrected chi connectivity index (χ2v) is 9.09. The SMILES string of the molecule is CCN(CCN(C)C)c1ccc([C@@H](C)Nc2ncc(C#N)c(-c3c[nH]c4ncc(C(F)(F)F)cc34)n2)cn1. The molecule has 0 unspecified atom stereocenters. The Hall–Kier alpha value is -4.24. The second kappa shape index (κ2) is 11.0. The molecule has 12 heteroatoms. The molecule has 0 bridgehead atoms. The lowest BCUT2D eigenvalue weighted by Crippen LogP contribution is -2.32. The van der Waals surface area contributed by atoms with Gasteiger partial charge in [-0.25, -0.2) is 19.9 Å². The predicted octanol–water partition coefficient (Wildman–Crippen LogP) is 4.87. The third-order valence-corrected chi connectivity index (χ3v) is 6.16. The van der Waals surface area contributed by atoms with E-state index < -0.39 is 11.7 Å². The van der Waals surface area contributed by atoms with Crippen LogP contribution in [0.2, 0.25) is 0 Å². The number of pyridine rings is 2. The highest BCUT2D eigenvalue weighted by Gasteiger charge is 2.31. The van der Waals surface area contributed by atoms with Crippen LogP contribution in [0.25, 0.3) is 22.3 Å². The topological polar surface area (TPSA) is 110 Å². The van der Waals surface area contributed by atoms with Crippen molar-refractivity contribution < 1.29 is 13.2 Å². The van der Waals surface area contributed by atoms with Gasteiger partial charge in [-0.15, -0.1) is 0 Å². The normalized spacial score (nSPS) is 12.5. The summed E-state index contributed by atoms with van der Waals surface area (Å²) in [6.45, 7) is 6.62. The molecule has 1 atom stereocenters. The lowest BCUT2D eigenvalue weighted by atomic mass is 10.1. The highest BCUT2D eigenvalue weighted by molar-refractivity contribution is 5.94. The van der Waals surface area contributed by atoms with Crippen molar-refractivity contribution >= 4 is 22.8 Å². The van der Waals surface area contributed by atoms with Gasteiger partial charge in [0, 0.05) is 49.2 Å². The number of aromatic nitrogens is 5. The van der Waals surface area contributed by atoms with E-state index in [9.17, 15) is 18.4 Å². The third-order valence-electron chi connectivity index (χ3n) is 6.16. The van der Waals surface area contributed by atoms with Crippen LogP contribution in [-0.4, -0.2) is 63.5 Å². The number of nitrogens with zero attached hydrogens (tertiary/aromatic N) is 7. The molecular formula is C26H28F3N9. The quantitative estimate of drug-likeness (QED) is 0.320. The maximum atomic E-state index is 13.3. The van der Waals surface area contributed by atoms with Crippen LogP contribution in [0.5, 0.6) is 0 Å². The average molecular weight is 524 g/mol. The number of anilines is 2. The molecule has 0 aliphatic rings. The number of likely N-dealkylation sites (N-methyl/N-ethyl adjacent to an activating group) is 2. The van der Waals surface area contributed by atoms with Gasteiger partial charge in [-0.05, 0) is 45.6 Å². The summed E-state index contributed by atoms with van der Waals surface area (Å²) in [6, 6.07) is 6.74. The number of hydrogen-bond acceptors (Lipinski definition) is 8.